The van der Waals surface area contributed by atoms with Crippen molar-refractivity contribution in [2.75, 3.05) is 5.32 Å². The first-order valence-electron chi connectivity index (χ1n) is 7.86. The van der Waals surface area contributed by atoms with Crippen molar-refractivity contribution in [1.29, 1.82) is 0 Å². The van der Waals surface area contributed by atoms with Gasteiger partial charge in [-0.3, -0.25) is 4.79 Å². The molecule has 1 aromatic heterocycles. The Morgan fingerprint density at radius 3 is 2.78 bits per heavy atom. The summed E-state index contributed by atoms with van der Waals surface area (Å²) in [4.78, 5) is 17.9. The molecule has 1 heterocycles. The lowest BCUT2D eigenvalue weighted by atomic mass is 9.85. The average Bonchev–Trinajstić information content (AvgIpc) is 2.94. The zero-order chi connectivity index (χ0) is 16.2. The van der Waals surface area contributed by atoms with Crippen LogP contribution in [0, 0.1) is 12.8 Å². The average molecular weight is 348 g/mol. The molecule has 0 aliphatic heterocycles. The number of nitrogens with two attached hydrogens (primary N) is 1. The summed E-state index contributed by atoms with van der Waals surface area (Å²) in [6.45, 7) is 2.00. The molecular weight excluding hydrogens is 326 g/mol. The van der Waals surface area contributed by atoms with E-state index in [1.165, 1.54) is 0 Å². The van der Waals surface area contributed by atoms with Crippen LogP contribution in [-0.2, 0) is 4.79 Å². The van der Waals surface area contributed by atoms with E-state index in [2.05, 4.69) is 10.3 Å². The molecule has 6 heteroatoms. The first-order valence-corrected chi connectivity index (χ1v) is 9.56. The van der Waals surface area contributed by atoms with Gasteiger partial charge >= 0.3 is 0 Å². The van der Waals surface area contributed by atoms with Crippen molar-refractivity contribution in [3.05, 3.63) is 35.3 Å². The van der Waals surface area contributed by atoms with Crippen LogP contribution in [0.15, 0.2) is 38.9 Å². The zero-order valence-corrected chi connectivity index (χ0v) is 14.8. The van der Waals surface area contributed by atoms with Crippen molar-refractivity contribution in [3.63, 3.8) is 0 Å². The van der Waals surface area contributed by atoms with Gasteiger partial charge in [0.05, 0.1) is 0 Å². The van der Waals surface area contributed by atoms with Crippen molar-refractivity contribution in [2.45, 2.75) is 47.9 Å². The number of aromatic nitrogens is 1. The highest BCUT2D eigenvalue weighted by molar-refractivity contribution is 8.01. The maximum atomic E-state index is 12.3. The third-order valence-corrected chi connectivity index (χ3v) is 6.07. The molecule has 0 radical (unpaired) electrons. The maximum absolute atomic E-state index is 12.3. The van der Waals surface area contributed by atoms with E-state index < -0.39 is 0 Å². The van der Waals surface area contributed by atoms with Gasteiger partial charge in [0.15, 0.2) is 4.34 Å². The molecule has 3 rings (SSSR count). The minimum Gasteiger partial charge on any atom is -0.328 e. The van der Waals surface area contributed by atoms with Crippen LogP contribution in [0.4, 0.5) is 5.69 Å². The fraction of sp³-hybridized carbons (Fsp3) is 0.412. The second-order valence-corrected chi connectivity index (χ2v) is 8.17. The summed E-state index contributed by atoms with van der Waals surface area (Å²) in [5.41, 5.74) is 7.85. The lowest BCUT2D eigenvalue weighted by molar-refractivity contribution is -0.120. The molecule has 1 aliphatic rings. The van der Waals surface area contributed by atoms with Gasteiger partial charge in [-0.1, -0.05) is 18.2 Å². The predicted octanol–water partition coefficient (Wildman–Crippen LogP) is 4.06. The predicted molar refractivity (Wildman–Crippen MR) is 96.0 cm³/mol. The fourth-order valence-electron chi connectivity index (χ4n) is 2.80. The van der Waals surface area contributed by atoms with E-state index in [-0.39, 0.29) is 17.9 Å². The lowest BCUT2D eigenvalue weighted by Gasteiger charge is -2.25. The molecule has 3 N–H and O–H groups in total. The Morgan fingerprint density at radius 1 is 1.35 bits per heavy atom. The molecule has 23 heavy (non-hydrogen) atoms. The van der Waals surface area contributed by atoms with Gasteiger partial charge in [-0.2, -0.15) is 0 Å². The standard InChI is InChI=1S/C17H21N3OS2/c1-11-10-22-17(19-11)23-15-7-5-14(6-8-15)20-16(21)12-3-2-4-13(18)9-12/h5-8,10,12-13H,2-4,9,18H2,1H3,(H,20,21). The van der Waals surface area contributed by atoms with Gasteiger partial charge in [0.25, 0.3) is 0 Å². The molecule has 1 saturated carbocycles. The molecule has 0 saturated heterocycles. The van der Waals surface area contributed by atoms with Crippen LogP contribution in [0.25, 0.3) is 0 Å². The SMILES string of the molecule is Cc1csc(Sc2ccc(NC(=O)C3CCCC(N)C3)cc2)n1. The Balaban J connectivity index is 1.57. The van der Waals surface area contributed by atoms with E-state index in [9.17, 15) is 4.79 Å². The second-order valence-electron chi connectivity index (χ2n) is 5.99. The number of carbonyl (C=O) groups excluding carboxylic acids is 1. The minimum absolute atomic E-state index is 0.0473. The third kappa shape index (κ3) is 4.56. The van der Waals surface area contributed by atoms with Crippen LogP contribution in [0.2, 0.25) is 0 Å². The molecule has 2 unspecified atom stereocenters. The number of amides is 1. The summed E-state index contributed by atoms with van der Waals surface area (Å²) >= 11 is 3.29. The van der Waals surface area contributed by atoms with Crippen LogP contribution >= 0.6 is 23.1 Å². The third-order valence-electron chi connectivity index (χ3n) is 4.01. The van der Waals surface area contributed by atoms with Gasteiger partial charge in [-0.05, 0) is 50.5 Å². The van der Waals surface area contributed by atoms with Crippen LogP contribution in [0.5, 0.6) is 0 Å². The minimum atomic E-state index is 0.0473. The lowest BCUT2D eigenvalue weighted by Crippen LogP contribution is -2.34. The second kappa shape index (κ2) is 7.47. The zero-order valence-electron chi connectivity index (χ0n) is 13.1. The summed E-state index contributed by atoms with van der Waals surface area (Å²) in [5, 5.41) is 5.06. The highest BCUT2D eigenvalue weighted by atomic mass is 32.2. The number of hydrogen-bond acceptors (Lipinski definition) is 5. The summed E-state index contributed by atoms with van der Waals surface area (Å²) < 4.78 is 1.04. The monoisotopic (exact) mass is 347 g/mol. The van der Waals surface area contributed by atoms with Crippen LogP contribution in [0.1, 0.15) is 31.4 Å². The van der Waals surface area contributed by atoms with Crippen molar-refractivity contribution < 1.29 is 4.79 Å². The summed E-state index contributed by atoms with van der Waals surface area (Å²) in [6.07, 6.45) is 3.81. The normalized spacial score (nSPS) is 21.1. The molecule has 1 amide bonds. The van der Waals surface area contributed by atoms with Gasteiger partial charge < -0.3 is 11.1 Å². The van der Waals surface area contributed by atoms with Crippen LogP contribution in [-0.4, -0.2) is 16.9 Å². The van der Waals surface area contributed by atoms with E-state index in [1.54, 1.807) is 23.1 Å². The molecule has 0 spiro atoms. The highest BCUT2D eigenvalue weighted by Gasteiger charge is 2.25. The molecule has 122 valence electrons. The number of thiazole rings is 1. The van der Waals surface area contributed by atoms with Crippen molar-refractivity contribution in [1.82, 2.24) is 4.98 Å². The van der Waals surface area contributed by atoms with E-state index in [0.29, 0.717) is 0 Å². The summed E-state index contributed by atoms with van der Waals surface area (Å²) in [7, 11) is 0. The number of anilines is 1. The van der Waals surface area contributed by atoms with Crippen molar-refractivity contribution in [2.24, 2.45) is 11.7 Å². The van der Waals surface area contributed by atoms with E-state index in [0.717, 1.165) is 46.3 Å². The maximum Gasteiger partial charge on any atom is 0.227 e. The summed E-state index contributed by atoms with van der Waals surface area (Å²) in [6, 6.07) is 8.10. The molecule has 2 atom stereocenters. The highest BCUT2D eigenvalue weighted by Crippen LogP contribution is 2.31. The first kappa shape index (κ1) is 16.5. The Labute approximate surface area is 144 Å². The summed E-state index contributed by atoms with van der Waals surface area (Å²) in [5.74, 6) is 0.141. The Morgan fingerprint density at radius 2 is 2.13 bits per heavy atom. The smallest absolute Gasteiger partial charge is 0.227 e. The molecule has 1 fully saturated rings. The Bertz CT molecular complexity index is 669. The number of aryl methyl sites for hydroxylation is 1. The van der Waals surface area contributed by atoms with E-state index in [1.807, 2.05) is 36.6 Å². The molecular formula is C17H21N3OS2. The fourth-order valence-corrected chi connectivity index (χ4v) is 4.61. The van der Waals surface area contributed by atoms with Crippen molar-refractivity contribution >= 4 is 34.7 Å². The van der Waals surface area contributed by atoms with Gasteiger partial charge in [0.2, 0.25) is 5.91 Å². The largest absolute Gasteiger partial charge is 0.328 e. The van der Waals surface area contributed by atoms with Crippen molar-refractivity contribution in [3.8, 4) is 0 Å². The molecule has 0 bridgehead atoms. The number of nitrogens with zero attached hydrogens (tertiary/aromatic N) is 1. The number of hydrogen-bond donors (Lipinski definition) is 2. The van der Waals surface area contributed by atoms with E-state index >= 15 is 0 Å². The number of carbonyl (C=O) groups is 1. The van der Waals surface area contributed by atoms with Crippen LogP contribution < -0.4 is 11.1 Å². The topological polar surface area (TPSA) is 68.0 Å². The quantitative estimate of drug-likeness (QED) is 0.875. The molecule has 4 nitrogen and oxygen atoms in total. The number of rotatable bonds is 4. The van der Waals surface area contributed by atoms with Gasteiger partial charge in [0, 0.05) is 33.6 Å². The first-order chi connectivity index (χ1) is 11.1. The Hall–Kier alpha value is -1.37. The van der Waals surface area contributed by atoms with Gasteiger partial charge in [0.1, 0.15) is 0 Å². The molecule has 1 aromatic carbocycles. The molecule has 2 aromatic rings. The number of nitrogens with one attached hydrogen (secondary N) is 1. The molecule has 1 aliphatic carbocycles. The Kier molecular flexibility index (Phi) is 5.35. The van der Waals surface area contributed by atoms with Gasteiger partial charge in [-0.25, -0.2) is 4.98 Å². The van der Waals surface area contributed by atoms with E-state index in [4.69, 9.17) is 5.73 Å². The van der Waals surface area contributed by atoms with Gasteiger partial charge in [-0.15, -0.1) is 11.3 Å². The van der Waals surface area contributed by atoms with Crippen LogP contribution in [0.3, 0.4) is 0 Å². The number of benzene rings is 1.